The minimum absolute atomic E-state index is 0.338. The molecule has 0 aromatic heterocycles. The Bertz CT molecular complexity index is 326. The van der Waals surface area contributed by atoms with Crippen LogP contribution in [0, 0.1) is 5.92 Å². The third kappa shape index (κ3) is 4.96. The zero-order valence-corrected chi connectivity index (χ0v) is 13.9. The van der Waals surface area contributed by atoms with Crippen LogP contribution in [0.5, 0.6) is 0 Å². The van der Waals surface area contributed by atoms with Gasteiger partial charge < -0.3 is 10.6 Å². The van der Waals surface area contributed by atoms with Gasteiger partial charge in [-0.05, 0) is 57.4 Å². The van der Waals surface area contributed by atoms with Gasteiger partial charge in [0.05, 0.1) is 6.54 Å². The Hall–Kier alpha value is -0.610. The summed E-state index contributed by atoms with van der Waals surface area (Å²) in [5.41, 5.74) is 6.01. The third-order valence-electron chi connectivity index (χ3n) is 5.12. The highest BCUT2D eigenvalue weighted by Crippen LogP contribution is 2.23. The molecule has 1 unspecified atom stereocenters. The minimum atomic E-state index is 0.338. The Kier molecular flexibility index (Phi) is 6.49. The maximum atomic E-state index is 12.6. The molecule has 0 radical (unpaired) electrons. The molecule has 0 spiro atoms. The maximum Gasteiger partial charge on any atom is 0.236 e. The van der Waals surface area contributed by atoms with Crippen LogP contribution in [-0.2, 0) is 4.79 Å². The third-order valence-corrected chi connectivity index (χ3v) is 5.12. The van der Waals surface area contributed by atoms with Crippen LogP contribution in [0.15, 0.2) is 0 Å². The van der Waals surface area contributed by atoms with Crippen LogP contribution in [0.25, 0.3) is 0 Å². The molecule has 2 N–H and O–H groups in total. The van der Waals surface area contributed by atoms with Crippen molar-refractivity contribution in [3.05, 3.63) is 0 Å². The van der Waals surface area contributed by atoms with Gasteiger partial charge in [0.15, 0.2) is 0 Å². The van der Waals surface area contributed by atoms with Crippen LogP contribution in [0.2, 0.25) is 0 Å². The van der Waals surface area contributed by atoms with E-state index in [1.807, 2.05) is 0 Å². The Morgan fingerprint density at radius 2 is 1.95 bits per heavy atom. The van der Waals surface area contributed by atoms with Gasteiger partial charge in [0, 0.05) is 25.2 Å². The van der Waals surface area contributed by atoms with Crippen molar-refractivity contribution in [3.8, 4) is 0 Å². The van der Waals surface area contributed by atoms with E-state index in [2.05, 4.69) is 23.6 Å². The Balaban J connectivity index is 1.87. The van der Waals surface area contributed by atoms with E-state index in [4.69, 9.17) is 5.73 Å². The first kappa shape index (κ1) is 16.8. The van der Waals surface area contributed by atoms with E-state index < -0.39 is 0 Å². The molecule has 0 bridgehead atoms. The van der Waals surface area contributed by atoms with Gasteiger partial charge in [-0.15, -0.1) is 0 Å². The van der Waals surface area contributed by atoms with E-state index in [9.17, 15) is 4.79 Å². The smallest absolute Gasteiger partial charge is 0.236 e. The lowest BCUT2D eigenvalue weighted by Crippen LogP contribution is -2.49. The zero-order chi connectivity index (χ0) is 15.2. The molecule has 4 nitrogen and oxygen atoms in total. The van der Waals surface area contributed by atoms with E-state index in [0.29, 0.717) is 30.5 Å². The summed E-state index contributed by atoms with van der Waals surface area (Å²) in [5, 5.41) is 0. The van der Waals surface area contributed by atoms with Crippen molar-refractivity contribution < 1.29 is 4.79 Å². The molecule has 1 saturated heterocycles. The summed E-state index contributed by atoms with van der Waals surface area (Å²) in [6.07, 6.45) is 8.09. The SMILES string of the molecule is CCCN(CC(=O)N1CCCC(C)C1)C1CCC(N)CC1. The number of carbonyl (C=O) groups excluding carboxylic acids is 1. The lowest BCUT2D eigenvalue weighted by Gasteiger charge is -2.38. The number of carbonyl (C=O) groups is 1. The van der Waals surface area contributed by atoms with E-state index >= 15 is 0 Å². The number of likely N-dealkylation sites (tertiary alicyclic amines) is 1. The van der Waals surface area contributed by atoms with Gasteiger partial charge in [-0.1, -0.05) is 13.8 Å². The normalized spacial score (nSPS) is 30.7. The van der Waals surface area contributed by atoms with Gasteiger partial charge in [-0.25, -0.2) is 0 Å². The standard InChI is InChI=1S/C17H33N3O/c1-3-10-19(16-8-6-15(18)7-9-16)13-17(21)20-11-4-5-14(2)12-20/h14-16H,3-13,18H2,1-2H3. The molecule has 2 rings (SSSR count). The van der Waals surface area contributed by atoms with E-state index in [1.165, 1.54) is 12.8 Å². The van der Waals surface area contributed by atoms with Crippen molar-refractivity contribution in [2.75, 3.05) is 26.2 Å². The molecule has 0 aromatic rings. The number of nitrogens with zero attached hydrogens (tertiary/aromatic N) is 2. The first-order valence-corrected chi connectivity index (χ1v) is 8.87. The fourth-order valence-electron chi connectivity index (χ4n) is 3.83. The molecule has 2 fully saturated rings. The van der Waals surface area contributed by atoms with E-state index in [1.54, 1.807) is 0 Å². The highest BCUT2D eigenvalue weighted by atomic mass is 16.2. The van der Waals surface area contributed by atoms with E-state index in [0.717, 1.165) is 51.7 Å². The largest absolute Gasteiger partial charge is 0.341 e. The second kappa shape index (κ2) is 8.14. The molecule has 1 aliphatic heterocycles. The monoisotopic (exact) mass is 295 g/mol. The minimum Gasteiger partial charge on any atom is -0.341 e. The lowest BCUT2D eigenvalue weighted by molar-refractivity contribution is -0.134. The summed E-state index contributed by atoms with van der Waals surface area (Å²) in [5.74, 6) is 1.000. The van der Waals surface area contributed by atoms with Crippen molar-refractivity contribution in [3.63, 3.8) is 0 Å². The summed E-state index contributed by atoms with van der Waals surface area (Å²) in [6, 6.07) is 0.944. The predicted octanol–water partition coefficient (Wildman–Crippen LogP) is 2.23. The average Bonchev–Trinajstić information content (AvgIpc) is 2.47. The summed E-state index contributed by atoms with van der Waals surface area (Å²) < 4.78 is 0. The topological polar surface area (TPSA) is 49.6 Å². The molecule has 4 heteroatoms. The van der Waals surface area contributed by atoms with Crippen molar-refractivity contribution in [1.82, 2.24) is 9.80 Å². The second-order valence-electron chi connectivity index (χ2n) is 7.13. The Morgan fingerprint density at radius 3 is 2.57 bits per heavy atom. The molecule has 0 aromatic carbocycles. The summed E-state index contributed by atoms with van der Waals surface area (Å²) in [4.78, 5) is 17.1. The number of hydrogen-bond donors (Lipinski definition) is 1. The zero-order valence-electron chi connectivity index (χ0n) is 13.9. The summed E-state index contributed by atoms with van der Waals surface area (Å²) in [7, 11) is 0. The quantitative estimate of drug-likeness (QED) is 0.846. The molecule has 2 aliphatic rings. The second-order valence-corrected chi connectivity index (χ2v) is 7.13. The number of rotatable bonds is 5. The van der Waals surface area contributed by atoms with Gasteiger partial charge >= 0.3 is 0 Å². The molecule has 1 atom stereocenters. The molecule has 21 heavy (non-hydrogen) atoms. The average molecular weight is 295 g/mol. The predicted molar refractivity (Wildman–Crippen MR) is 87.1 cm³/mol. The van der Waals surface area contributed by atoms with E-state index in [-0.39, 0.29) is 0 Å². The highest BCUT2D eigenvalue weighted by molar-refractivity contribution is 5.78. The van der Waals surface area contributed by atoms with Gasteiger partial charge in [0.1, 0.15) is 0 Å². The van der Waals surface area contributed by atoms with Gasteiger partial charge in [0.25, 0.3) is 0 Å². The summed E-state index contributed by atoms with van der Waals surface area (Å²) in [6.45, 7) is 8.02. The Labute approximate surface area is 130 Å². The van der Waals surface area contributed by atoms with Crippen molar-refractivity contribution >= 4 is 5.91 Å². The highest BCUT2D eigenvalue weighted by Gasteiger charge is 2.28. The van der Waals surface area contributed by atoms with Gasteiger partial charge in [0.2, 0.25) is 5.91 Å². The molecular formula is C17H33N3O. The van der Waals surface area contributed by atoms with Crippen LogP contribution in [0.1, 0.15) is 58.8 Å². The lowest BCUT2D eigenvalue weighted by atomic mass is 9.90. The van der Waals surface area contributed by atoms with Crippen molar-refractivity contribution in [2.24, 2.45) is 11.7 Å². The van der Waals surface area contributed by atoms with Crippen LogP contribution >= 0.6 is 0 Å². The molecule has 1 heterocycles. The van der Waals surface area contributed by atoms with Crippen LogP contribution in [0.3, 0.4) is 0 Å². The number of piperidine rings is 1. The Morgan fingerprint density at radius 1 is 1.24 bits per heavy atom. The van der Waals surface area contributed by atoms with Crippen molar-refractivity contribution in [2.45, 2.75) is 70.9 Å². The molecule has 1 aliphatic carbocycles. The van der Waals surface area contributed by atoms with Crippen molar-refractivity contribution in [1.29, 1.82) is 0 Å². The molecular weight excluding hydrogens is 262 g/mol. The number of nitrogens with two attached hydrogens (primary N) is 1. The van der Waals surface area contributed by atoms with Crippen LogP contribution < -0.4 is 5.73 Å². The van der Waals surface area contributed by atoms with Gasteiger partial charge in [-0.2, -0.15) is 0 Å². The number of amides is 1. The fraction of sp³-hybridized carbons (Fsp3) is 0.941. The summed E-state index contributed by atoms with van der Waals surface area (Å²) >= 11 is 0. The fourth-order valence-corrected chi connectivity index (χ4v) is 3.83. The van der Waals surface area contributed by atoms with Crippen LogP contribution in [-0.4, -0.2) is 54.0 Å². The number of hydrogen-bond acceptors (Lipinski definition) is 3. The molecule has 1 amide bonds. The molecule has 1 saturated carbocycles. The molecule has 122 valence electrons. The first-order valence-electron chi connectivity index (χ1n) is 8.87. The maximum absolute atomic E-state index is 12.6. The first-order chi connectivity index (χ1) is 10.1. The van der Waals surface area contributed by atoms with Crippen LogP contribution in [0.4, 0.5) is 0 Å². The van der Waals surface area contributed by atoms with Gasteiger partial charge in [-0.3, -0.25) is 9.69 Å².